The van der Waals surface area contributed by atoms with Crippen LogP contribution in [0.5, 0.6) is 0 Å². The van der Waals surface area contributed by atoms with Gasteiger partial charge in [-0.2, -0.15) is 0 Å². The monoisotopic (exact) mass is 214 g/mol. The summed E-state index contributed by atoms with van der Waals surface area (Å²) >= 11 is 0. The molecule has 0 aliphatic heterocycles. The molecule has 0 aromatic carbocycles. The number of nitrogens with two attached hydrogens (primary N) is 2. The average molecular weight is 214 g/mol. The highest BCUT2D eigenvalue weighted by molar-refractivity contribution is 4.58. The largest absolute Gasteiger partial charge is 0.330 e. The maximum Gasteiger partial charge on any atom is 0.00362 e. The van der Waals surface area contributed by atoms with Crippen LogP contribution >= 0.6 is 0 Å². The number of hydrogen-bond acceptors (Lipinski definition) is 2. The molecule has 0 spiro atoms. The molecule has 0 aliphatic rings. The van der Waals surface area contributed by atoms with E-state index in [1.165, 1.54) is 57.8 Å². The maximum atomic E-state index is 5.86. The van der Waals surface area contributed by atoms with Crippen LogP contribution in [0.4, 0.5) is 0 Å². The molecule has 92 valence electrons. The van der Waals surface area contributed by atoms with Gasteiger partial charge < -0.3 is 11.5 Å². The molecule has 15 heavy (non-hydrogen) atoms. The lowest BCUT2D eigenvalue weighted by molar-refractivity contribution is 0.518. The van der Waals surface area contributed by atoms with Gasteiger partial charge in [0.1, 0.15) is 0 Å². The van der Waals surface area contributed by atoms with Gasteiger partial charge in [-0.25, -0.2) is 0 Å². The molecule has 0 fully saturated rings. The second-order valence-electron chi connectivity index (χ2n) is 4.57. The third-order valence-corrected chi connectivity index (χ3v) is 3.05. The molecule has 0 aromatic rings. The lowest BCUT2D eigenvalue weighted by Gasteiger charge is -2.07. The molecular formula is C13H30N2. The van der Waals surface area contributed by atoms with Gasteiger partial charge in [0.05, 0.1) is 0 Å². The first kappa shape index (κ1) is 14.9. The average Bonchev–Trinajstić information content (AvgIpc) is 2.26. The first-order chi connectivity index (χ1) is 7.31. The molecule has 0 aliphatic carbocycles. The molecular weight excluding hydrogens is 184 g/mol. The van der Waals surface area contributed by atoms with E-state index in [9.17, 15) is 0 Å². The molecule has 1 atom stereocenters. The van der Waals surface area contributed by atoms with E-state index >= 15 is 0 Å². The molecule has 4 N–H and O–H groups in total. The molecule has 0 rings (SSSR count). The summed E-state index contributed by atoms with van der Waals surface area (Å²) in [5, 5.41) is 0. The fraction of sp³-hybridized carbons (Fsp3) is 1.00. The highest BCUT2D eigenvalue weighted by Crippen LogP contribution is 2.10. The van der Waals surface area contributed by atoms with Crippen LogP contribution in [0.3, 0.4) is 0 Å². The van der Waals surface area contributed by atoms with Gasteiger partial charge >= 0.3 is 0 Å². The van der Waals surface area contributed by atoms with Crippen molar-refractivity contribution in [3.8, 4) is 0 Å². The third-order valence-electron chi connectivity index (χ3n) is 3.05. The van der Waals surface area contributed by atoms with Gasteiger partial charge in [-0.3, -0.25) is 0 Å². The van der Waals surface area contributed by atoms with Crippen molar-refractivity contribution in [1.82, 2.24) is 0 Å². The number of unbranched alkanes of at least 4 members (excludes halogenated alkanes) is 7. The zero-order chi connectivity index (χ0) is 11.4. The van der Waals surface area contributed by atoms with E-state index in [0.717, 1.165) is 13.0 Å². The van der Waals surface area contributed by atoms with E-state index in [1.807, 2.05) is 0 Å². The zero-order valence-corrected chi connectivity index (χ0v) is 10.5. The van der Waals surface area contributed by atoms with E-state index in [0.29, 0.717) is 6.04 Å². The minimum absolute atomic E-state index is 0.439. The van der Waals surface area contributed by atoms with Crippen LogP contribution in [0.2, 0.25) is 0 Å². The van der Waals surface area contributed by atoms with Crippen LogP contribution in [0, 0.1) is 0 Å². The summed E-state index contributed by atoms with van der Waals surface area (Å²) in [7, 11) is 0. The molecule has 0 bridgehead atoms. The Balaban J connectivity index is 2.92. The second-order valence-corrected chi connectivity index (χ2v) is 4.57. The van der Waals surface area contributed by atoms with E-state index < -0.39 is 0 Å². The molecule has 0 saturated carbocycles. The molecule has 0 heterocycles. The molecule has 0 radical (unpaired) electrons. The van der Waals surface area contributed by atoms with E-state index in [1.54, 1.807) is 0 Å². The molecule has 2 heteroatoms. The Morgan fingerprint density at radius 3 is 1.73 bits per heavy atom. The molecule has 0 aromatic heterocycles. The van der Waals surface area contributed by atoms with Crippen LogP contribution in [-0.4, -0.2) is 12.6 Å². The van der Waals surface area contributed by atoms with E-state index in [-0.39, 0.29) is 0 Å². The van der Waals surface area contributed by atoms with Gasteiger partial charge in [-0.1, -0.05) is 51.9 Å². The van der Waals surface area contributed by atoms with Gasteiger partial charge in [0.25, 0.3) is 0 Å². The Labute approximate surface area is 95.8 Å². The predicted molar refractivity (Wildman–Crippen MR) is 68.9 cm³/mol. The number of hydrogen-bond donors (Lipinski definition) is 2. The summed E-state index contributed by atoms with van der Waals surface area (Å²) in [6.07, 6.45) is 13.1. The minimum Gasteiger partial charge on any atom is -0.330 e. The van der Waals surface area contributed by atoms with Crippen LogP contribution in [-0.2, 0) is 0 Å². The Morgan fingerprint density at radius 2 is 1.27 bits per heavy atom. The fourth-order valence-electron chi connectivity index (χ4n) is 1.82. The van der Waals surface area contributed by atoms with Crippen molar-refractivity contribution in [3.05, 3.63) is 0 Å². The lowest BCUT2D eigenvalue weighted by atomic mass is 10.0. The molecule has 2 nitrogen and oxygen atoms in total. The van der Waals surface area contributed by atoms with Crippen molar-refractivity contribution in [2.45, 2.75) is 77.2 Å². The Bertz CT molecular complexity index is 115. The maximum absolute atomic E-state index is 5.86. The fourth-order valence-corrected chi connectivity index (χ4v) is 1.82. The first-order valence-corrected chi connectivity index (χ1v) is 6.77. The molecule has 1 unspecified atom stereocenters. The number of rotatable bonds is 11. The SMILES string of the molecule is CCC(N)CCCCCCCCCCN. The van der Waals surface area contributed by atoms with Crippen LogP contribution in [0.1, 0.15) is 71.1 Å². The van der Waals surface area contributed by atoms with Gasteiger partial charge in [0.15, 0.2) is 0 Å². The summed E-state index contributed by atoms with van der Waals surface area (Å²) in [6, 6.07) is 0.439. The second kappa shape index (κ2) is 12.0. The van der Waals surface area contributed by atoms with E-state index in [4.69, 9.17) is 11.5 Å². The van der Waals surface area contributed by atoms with Crippen LogP contribution in [0.15, 0.2) is 0 Å². The summed E-state index contributed by atoms with van der Waals surface area (Å²) in [6.45, 7) is 3.02. The lowest BCUT2D eigenvalue weighted by Crippen LogP contribution is -2.17. The Kier molecular flexibility index (Phi) is 11.9. The quantitative estimate of drug-likeness (QED) is 0.519. The standard InChI is InChI=1S/C13H30N2/c1-2-13(15)11-9-7-5-3-4-6-8-10-12-14/h13H,2-12,14-15H2,1H3. The first-order valence-electron chi connectivity index (χ1n) is 6.77. The van der Waals surface area contributed by atoms with Gasteiger partial charge in [-0.15, -0.1) is 0 Å². The summed E-state index contributed by atoms with van der Waals surface area (Å²) < 4.78 is 0. The highest BCUT2D eigenvalue weighted by Gasteiger charge is 1.98. The molecule has 0 amide bonds. The van der Waals surface area contributed by atoms with E-state index in [2.05, 4.69) is 6.92 Å². The topological polar surface area (TPSA) is 52.0 Å². The van der Waals surface area contributed by atoms with Gasteiger partial charge in [-0.05, 0) is 25.8 Å². The Morgan fingerprint density at radius 1 is 0.800 bits per heavy atom. The summed E-state index contributed by atoms with van der Waals surface area (Å²) in [5.74, 6) is 0. The highest BCUT2D eigenvalue weighted by atomic mass is 14.6. The van der Waals surface area contributed by atoms with Gasteiger partial charge in [0, 0.05) is 6.04 Å². The third kappa shape index (κ3) is 11.8. The molecule has 0 saturated heterocycles. The predicted octanol–water partition coefficient (Wildman–Crippen LogP) is 3.19. The van der Waals surface area contributed by atoms with Crippen molar-refractivity contribution >= 4 is 0 Å². The van der Waals surface area contributed by atoms with Crippen LogP contribution < -0.4 is 11.5 Å². The van der Waals surface area contributed by atoms with Crippen molar-refractivity contribution in [2.24, 2.45) is 11.5 Å². The van der Waals surface area contributed by atoms with Gasteiger partial charge in [0.2, 0.25) is 0 Å². The minimum atomic E-state index is 0.439. The van der Waals surface area contributed by atoms with Crippen LogP contribution in [0.25, 0.3) is 0 Å². The Hall–Kier alpha value is -0.0800. The summed E-state index contributed by atoms with van der Waals surface area (Å²) in [4.78, 5) is 0. The smallest absolute Gasteiger partial charge is 0.00362 e. The summed E-state index contributed by atoms with van der Waals surface area (Å²) in [5.41, 5.74) is 11.3. The van der Waals surface area contributed by atoms with Crippen molar-refractivity contribution < 1.29 is 0 Å². The zero-order valence-electron chi connectivity index (χ0n) is 10.5. The van der Waals surface area contributed by atoms with Crippen molar-refractivity contribution in [3.63, 3.8) is 0 Å². The normalized spacial score (nSPS) is 13.0. The van der Waals surface area contributed by atoms with Crippen molar-refractivity contribution in [1.29, 1.82) is 0 Å². The van der Waals surface area contributed by atoms with Crippen molar-refractivity contribution in [2.75, 3.05) is 6.54 Å².